The molecule has 0 aliphatic heterocycles. The van der Waals surface area contributed by atoms with Crippen LogP contribution in [0.5, 0.6) is 0 Å². The minimum atomic E-state index is -2.84. The molecule has 0 unspecified atom stereocenters. The van der Waals surface area contributed by atoms with E-state index in [0.717, 1.165) is 6.33 Å². The van der Waals surface area contributed by atoms with Gasteiger partial charge in [0.1, 0.15) is 5.52 Å². The Morgan fingerprint density at radius 1 is 1.62 bits per heavy atom. The van der Waals surface area contributed by atoms with E-state index in [-0.39, 0.29) is 11.2 Å². The van der Waals surface area contributed by atoms with Gasteiger partial charge in [-0.2, -0.15) is 0 Å². The van der Waals surface area contributed by atoms with Crippen LogP contribution in [0.15, 0.2) is 15.9 Å². The van der Waals surface area contributed by atoms with Crippen molar-refractivity contribution in [3.63, 3.8) is 0 Å². The van der Waals surface area contributed by atoms with Crippen molar-refractivity contribution in [2.45, 2.75) is 0 Å². The van der Waals surface area contributed by atoms with Crippen LogP contribution < -0.4 is 11.2 Å². The van der Waals surface area contributed by atoms with Crippen LogP contribution in [-0.4, -0.2) is 19.1 Å². The Hall–Kier alpha value is -1.85. The van der Waals surface area contributed by atoms with Gasteiger partial charge < -0.3 is 4.98 Å². The molecule has 0 bridgehead atoms. The molecule has 0 saturated heterocycles. The van der Waals surface area contributed by atoms with E-state index in [1.165, 1.54) is 0 Å². The van der Waals surface area contributed by atoms with Gasteiger partial charge in [-0.15, -0.1) is 0 Å². The van der Waals surface area contributed by atoms with Gasteiger partial charge in [0.15, 0.2) is 7.06 Å². The topological polar surface area (TPSA) is 72.7 Å². The summed E-state index contributed by atoms with van der Waals surface area (Å²) in [6.07, 6.45) is 0.919. The predicted molar refractivity (Wildman–Crippen MR) is 46.6 cm³/mol. The number of nitrogens with one attached hydrogen (secondary N) is 1. The van der Waals surface area contributed by atoms with E-state index < -0.39 is 25.2 Å². The fourth-order valence-electron chi connectivity index (χ4n) is 1.00. The van der Waals surface area contributed by atoms with Crippen LogP contribution in [-0.2, 0) is 14.0 Å². The lowest BCUT2D eigenvalue weighted by atomic mass is 10.5. The highest BCUT2D eigenvalue weighted by Crippen LogP contribution is 1.97. The van der Waals surface area contributed by atoms with Crippen molar-refractivity contribution in [3.05, 3.63) is 27.2 Å². The van der Waals surface area contributed by atoms with Crippen LogP contribution in [0.4, 0.5) is 0 Å². The fraction of sp³-hybridized carbons (Fsp3) is 0.286. The van der Waals surface area contributed by atoms with Crippen LogP contribution in [0.25, 0.3) is 11.2 Å². The molecule has 68 valence electrons. The van der Waals surface area contributed by atoms with E-state index in [9.17, 15) is 9.59 Å². The molecule has 0 aromatic carbocycles. The summed E-state index contributed by atoms with van der Waals surface area (Å²) in [5, 5.41) is 0. The third-order valence-electron chi connectivity index (χ3n) is 1.66. The zero-order chi connectivity index (χ0) is 13.7. The van der Waals surface area contributed by atoms with Gasteiger partial charge in [0.2, 0.25) is 0 Å². The number of rotatable bonds is 0. The van der Waals surface area contributed by atoms with Gasteiger partial charge in [-0.05, 0) is 0 Å². The Morgan fingerprint density at radius 2 is 2.46 bits per heavy atom. The van der Waals surface area contributed by atoms with Gasteiger partial charge in [-0.1, -0.05) is 0 Å². The van der Waals surface area contributed by atoms with Gasteiger partial charge in [0, 0.05) is 19.5 Å². The summed E-state index contributed by atoms with van der Waals surface area (Å²) in [6.45, 7) is -2.84. The molecule has 1 N–H and O–H groups in total. The molecule has 2 rings (SSSR count). The molecule has 2 aromatic rings. The first kappa shape index (κ1) is 3.91. The van der Waals surface area contributed by atoms with E-state index in [1.807, 2.05) is 0 Å². The lowest BCUT2D eigenvalue weighted by molar-refractivity contribution is 0.709. The van der Waals surface area contributed by atoms with Gasteiger partial charge >= 0.3 is 5.69 Å². The number of hydrogen-bond acceptors (Lipinski definition) is 3. The smallest absolute Gasteiger partial charge is 0.332 e. The summed E-state index contributed by atoms with van der Waals surface area (Å²) in [4.78, 5) is 27.8. The van der Waals surface area contributed by atoms with Gasteiger partial charge in [-0.3, -0.25) is 13.9 Å². The minimum Gasteiger partial charge on any atom is -0.339 e. The molecule has 6 heteroatoms. The highest BCUT2D eigenvalue weighted by atomic mass is 16.2. The number of nitrogens with zero attached hydrogens (tertiary/aromatic N) is 3. The summed E-state index contributed by atoms with van der Waals surface area (Å²) in [6, 6.07) is 0. The second kappa shape index (κ2) is 2.32. The molecule has 0 radical (unpaired) electrons. The number of aromatic amines is 1. The SMILES string of the molecule is [2H]Cn1c(=O)c2c(ncn2[2H])n(C([2H])([2H])[2H])c1=O. The number of aromatic nitrogens is 4. The van der Waals surface area contributed by atoms with Crippen molar-refractivity contribution in [2.24, 2.45) is 14.0 Å². The lowest BCUT2D eigenvalue weighted by Crippen LogP contribution is -2.36. The van der Waals surface area contributed by atoms with Crippen molar-refractivity contribution in [1.82, 2.24) is 19.1 Å². The molecular weight excluding hydrogens is 172 g/mol. The third kappa shape index (κ3) is 0.851. The maximum atomic E-state index is 11.8. The van der Waals surface area contributed by atoms with E-state index in [4.69, 9.17) is 6.89 Å². The first-order valence-corrected chi connectivity index (χ1v) is 3.31. The second-order valence-corrected chi connectivity index (χ2v) is 2.40. The molecule has 0 spiro atoms. The van der Waals surface area contributed by atoms with Gasteiger partial charge in [0.25, 0.3) is 5.56 Å². The highest BCUT2D eigenvalue weighted by molar-refractivity contribution is 5.68. The Labute approximate surface area is 79.5 Å². The number of imidazole rings is 1. The normalized spacial score (nSPS) is 17.4. The molecule has 0 amide bonds. The van der Waals surface area contributed by atoms with Gasteiger partial charge in [0.05, 0.1) is 6.33 Å². The summed E-state index contributed by atoms with van der Waals surface area (Å²) in [7, 11) is -0.727. The predicted octanol–water partition coefficient (Wildman–Crippen LogP) is -1.04. The summed E-state index contributed by atoms with van der Waals surface area (Å²) >= 11 is 0. The summed E-state index contributed by atoms with van der Waals surface area (Å²) in [5.74, 6) is 0. The van der Waals surface area contributed by atoms with E-state index in [2.05, 4.69) is 4.98 Å². The van der Waals surface area contributed by atoms with Crippen LogP contribution in [0.2, 0.25) is 1.41 Å². The summed E-state index contributed by atoms with van der Waals surface area (Å²) < 4.78 is 37.0. The first-order chi connectivity index (χ1) is 8.29. The van der Waals surface area contributed by atoms with Crippen molar-refractivity contribution >= 4 is 11.2 Å². The molecule has 0 atom stereocenters. The largest absolute Gasteiger partial charge is 0.339 e. The molecule has 2 heterocycles. The average Bonchev–Trinajstić information content (AvgIpc) is 2.59. The van der Waals surface area contributed by atoms with Crippen molar-refractivity contribution in [1.29, 1.82) is 0 Å². The number of H-pyrrole nitrogens is 1. The Morgan fingerprint density at radius 3 is 3.15 bits per heavy atom. The Bertz CT molecular complexity index is 724. The maximum absolute atomic E-state index is 11.8. The molecule has 13 heavy (non-hydrogen) atoms. The molecular formula is C7H8N4O2. The molecule has 0 saturated carbocycles. The van der Waals surface area contributed by atoms with E-state index >= 15 is 0 Å². The average molecular weight is 185 g/mol. The monoisotopic (exact) mass is 185 g/mol. The molecule has 0 fully saturated rings. The van der Waals surface area contributed by atoms with Gasteiger partial charge in [-0.25, -0.2) is 9.78 Å². The van der Waals surface area contributed by atoms with Crippen LogP contribution in [0, 0.1) is 0 Å². The van der Waals surface area contributed by atoms with Crippen LogP contribution in [0.3, 0.4) is 0 Å². The highest BCUT2D eigenvalue weighted by Gasteiger charge is 2.08. The van der Waals surface area contributed by atoms with Crippen molar-refractivity contribution in [2.75, 3.05) is 0 Å². The molecule has 6 nitrogen and oxygen atoms in total. The van der Waals surface area contributed by atoms with Crippen molar-refractivity contribution < 1.29 is 6.89 Å². The minimum absolute atomic E-state index is 0.337. The van der Waals surface area contributed by atoms with Crippen LogP contribution in [0.1, 0.15) is 5.48 Å². The maximum Gasteiger partial charge on any atom is 0.332 e. The summed E-state index contributed by atoms with van der Waals surface area (Å²) in [5.41, 5.74) is -2.78. The first-order valence-electron chi connectivity index (χ1n) is 5.96. The molecule has 2 aromatic heterocycles. The quantitative estimate of drug-likeness (QED) is 0.569. The van der Waals surface area contributed by atoms with Crippen LogP contribution >= 0.6 is 0 Å². The number of hydrogen-bond donors (Lipinski definition) is 1. The second-order valence-electron chi connectivity index (χ2n) is 2.40. The van der Waals surface area contributed by atoms with E-state index in [0.29, 0.717) is 14.1 Å². The number of fused-ring (bicyclic) bond motifs is 1. The molecule has 0 aliphatic rings. The zero-order valence-corrected chi connectivity index (χ0v) is 6.39. The fourth-order valence-corrected chi connectivity index (χ4v) is 1.00. The zero-order valence-electron chi connectivity index (χ0n) is 11.4. The standard InChI is InChI=1S/C7H8N4O2/c1-10-5-4(8-3-9-5)6(12)11(2)7(10)13/h3H,1-2H3,(H,8,9)/i1D3,2D/hD. The van der Waals surface area contributed by atoms with Crippen molar-refractivity contribution in [3.8, 4) is 0 Å². The third-order valence-corrected chi connectivity index (χ3v) is 1.66. The van der Waals surface area contributed by atoms with E-state index in [1.54, 1.807) is 0 Å². The lowest BCUT2D eigenvalue weighted by Gasteiger charge is -2.00. The Kier molecular flexibility index (Phi) is 0.696. The Balaban J connectivity index is 3.12. The number of aryl methyl sites for hydroxylation is 1. The molecule has 0 aliphatic carbocycles.